The Morgan fingerprint density at radius 3 is 2.05 bits per heavy atom. The van der Waals surface area contributed by atoms with E-state index in [0.29, 0.717) is 24.3 Å². The first-order chi connectivity index (χ1) is 9.85. The number of likely N-dealkylation sites (N-methyl/N-ethyl adjacent to an activating group) is 1. The van der Waals surface area contributed by atoms with Crippen LogP contribution in [0, 0.1) is 0 Å². The molecule has 2 amide bonds. The SMILES string of the molecule is CCN(CC)C(=O)c1ccc(NC(=O)C(C)(C)NC)cc1. The van der Waals surface area contributed by atoms with Crippen LogP contribution in [-0.2, 0) is 4.79 Å². The molecule has 0 bridgehead atoms. The van der Waals surface area contributed by atoms with Crippen molar-refractivity contribution in [3.63, 3.8) is 0 Å². The molecular formula is C16H25N3O2. The second-order valence-electron chi connectivity index (χ2n) is 5.38. The second kappa shape index (κ2) is 7.22. The number of amides is 2. The molecule has 0 unspecified atom stereocenters. The van der Waals surface area contributed by atoms with E-state index in [1.165, 1.54) is 0 Å². The lowest BCUT2D eigenvalue weighted by atomic mass is 10.0. The lowest BCUT2D eigenvalue weighted by Gasteiger charge is -2.23. The average Bonchev–Trinajstić information content (AvgIpc) is 2.49. The van der Waals surface area contributed by atoms with Gasteiger partial charge >= 0.3 is 0 Å². The van der Waals surface area contributed by atoms with Gasteiger partial charge in [0.15, 0.2) is 0 Å². The highest BCUT2D eigenvalue weighted by Gasteiger charge is 2.25. The fourth-order valence-corrected chi connectivity index (χ4v) is 1.79. The Balaban J connectivity index is 2.79. The quantitative estimate of drug-likeness (QED) is 0.844. The third-order valence-electron chi connectivity index (χ3n) is 3.63. The number of benzene rings is 1. The number of hydrogen-bond donors (Lipinski definition) is 2. The summed E-state index contributed by atoms with van der Waals surface area (Å²) in [6, 6.07) is 6.98. The van der Waals surface area contributed by atoms with Gasteiger partial charge in [-0.25, -0.2) is 0 Å². The summed E-state index contributed by atoms with van der Waals surface area (Å²) in [5, 5.41) is 5.78. The maximum absolute atomic E-state index is 12.2. The number of hydrogen-bond acceptors (Lipinski definition) is 3. The molecule has 21 heavy (non-hydrogen) atoms. The highest BCUT2D eigenvalue weighted by atomic mass is 16.2. The van der Waals surface area contributed by atoms with Gasteiger partial charge < -0.3 is 15.5 Å². The molecule has 116 valence electrons. The zero-order valence-electron chi connectivity index (χ0n) is 13.5. The van der Waals surface area contributed by atoms with Gasteiger partial charge in [-0.05, 0) is 59.0 Å². The molecule has 0 radical (unpaired) electrons. The van der Waals surface area contributed by atoms with Gasteiger partial charge in [-0.15, -0.1) is 0 Å². The average molecular weight is 291 g/mol. The van der Waals surface area contributed by atoms with Crippen LogP contribution in [0.2, 0.25) is 0 Å². The minimum absolute atomic E-state index is 0.00781. The van der Waals surface area contributed by atoms with Gasteiger partial charge in [-0.3, -0.25) is 9.59 Å². The van der Waals surface area contributed by atoms with Crippen molar-refractivity contribution < 1.29 is 9.59 Å². The molecule has 1 rings (SSSR count). The summed E-state index contributed by atoms with van der Waals surface area (Å²) < 4.78 is 0. The predicted octanol–water partition coefficient (Wildman–Crippen LogP) is 2.11. The van der Waals surface area contributed by atoms with Crippen molar-refractivity contribution in [3.8, 4) is 0 Å². The van der Waals surface area contributed by atoms with Crippen molar-refractivity contribution in [1.29, 1.82) is 0 Å². The molecule has 5 heteroatoms. The normalized spacial score (nSPS) is 11.1. The van der Waals surface area contributed by atoms with Crippen molar-refractivity contribution in [2.45, 2.75) is 33.2 Å². The van der Waals surface area contributed by atoms with E-state index in [-0.39, 0.29) is 11.8 Å². The van der Waals surface area contributed by atoms with Crippen LogP contribution in [0.1, 0.15) is 38.1 Å². The van der Waals surface area contributed by atoms with E-state index in [2.05, 4.69) is 10.6 Å². The Kier molecular flexibility index (Phi) is 5.90. The standard InChI is InChI=1S/C16H25N3O2/c1-6-19(7-2)14(20)12-8-10-13(11-9-12)18-15(21)16(3,4)17-5/h8-11,17H,6-7H2,1-5H3,(H,18,21). The van der Waals surface area contributed by atoms with E-state index < -0.39 is 5.54 Å². The summed E-state index contributed by atoms with van der Waals surface area (Å²) in [4.78, 5) is 26.0. The van der Waals surface area contributed by atoms with Crippen LogP contribution >= 0.6 is 0 Å². The minimum atomic E-state index is -0.643. The van der Waals surface area contributed by atoms with Gasteiger partial charge in [-0.2, -0.15) is 0 Å². The van der Waals surface area contributed by atoms with Crippen molar-refractivity contribution in [1.82, 2.24) is 10.2 Å². The van der Waals surface area contributed by atoms with Crippen molar-refractivity contribution in [2.24, 2.45) is 0 Å². The van der Waals surface area contributed by atoms with Crippen LogP contribution in [-0.4, -0.2) is 42.4 Å². The lowest BCUT2D eigenvalue weighted by molar-refractivity contribution is -0.121. The first kappa shape index (κ1) is 17.2. The summed E-state index contributed by atoms with van der Waals surface area (Å²) in [7, 11) is 1.74. The number of anilines is 1. The van der Waals surface area contributed by atoms with Crippen LogP contribution in [0.3, 0.4) is 0 Å². The number of nitrogens with one attached hydrogen (secondary N) is 2. The van der Waals surface area contributed by atoms with E-state index in [1.54, 1.807) is 50.1 Å². The Bertz CT molecular complexity index is 491. The molecule has 0 heterocycles. The zero-order valence-corrected chi connectivity index (χ0v) is 13.5. The highest BCUT2D eigenvalue weighted by Crippen LogP contribution is 2.14. The van der Waals surface area contributed by atoms with Crippen molar-refractivity contribution >= 4 is 17.5 Å². The number of carbonyl (C=O) groups excluding carboxylic acids is 2. The molecule has 5 nitrogen and oxygen atoms in total. The summed E-state index contributed by atoms with van der Waals surface area (Å²) in [5.41, 5.74) is 0.666. The molecule has 0 aliphatic carbocycles. The second-order valence-corrected chi connectivity index (χ2v) is 5.38. The highest BCUT2D eigenvalue weighted by molar-refractivity contribution is 5.98. The van der Waals surface area contributed by atoms with Crippen molar-refractivity contribution in [2.75, 3.05) is 25.5 Å². The molecule has 0 aliphatic rings. The molecule has 1 aromatic rings. The molecule has 0 fully saturated rings. The first-order valence-corrected chi connectivity index (χ1v) is 7.25. The molecule has 2 N–H and O–H groups in total. The van der Waals surface area contributed by atoms with Gasteiger partial charge in [0, 0.05) is 24.3 Å². The van der Waals surface area contributed by atoms with Gasteiger partial charge in [-0.1, -0.05) is 0 Å². The van der Waals surface area contributed by atoms with Crippen LogP contribution in [0.5, 0.6) is 0 Å². The molecule has 0 spiro atoms. The first-order valence-electron chi connectivity index (χ1n) is 7.25. The molecular weight excluding hydrogens is 266 g/mol. The Hall–Kier alpha value is -1.88. The topological polar surface area (TPSA) is 61.4 Å². The largest absolute Gasteiger partial charge is 0.339 e. The van der Waals surface area contributed by atoms with Gasteiger partial charge in [0.05, 0.1) is 5.54 Å². The van der Waals surface area contributed by atoms with Crippen LogP contribution < -0.4 is 10.6 Å². The van der Waals surface area contributed by atoms with Crippen LogP contribution in [0.4, 0.5) is 5.69 Å². The summed E-state index contributed by atoms with van der Waals surface area (Å²) >= 11 is 0. The van der Waals surface area contributed by atoms with E-state index in [9.17, 15) is 9.59 Å². The summed E-state index contributed by atoms with van der Waals surface area (Å²) in [5.74, 6) is -0.110. The zero-order chi connectivity index (χ0) is 16.0. The maximum Gasteiger partial charge on any atom is 0.253 e. The van der Waals surface area contributed by atoms with Gasteiger partial charge in [0.25, 0.3) is 5.91 Å². The number of carbonyl (C=O) groups is 2. The molecule has 0 atom stereocenters. The third kappa shape index (κ3) is 4.29. The summed E-state index contributed by atoms with van der Waals surface area (Å²) in [6.07, 6.45) is 0. The molecule has 0 aromatic heterocycles. The summed E-state index contributed by atoms with van der Waals surface area (Å²) in [6.45, 7) is 8.89. The molecule has 0 saturated carbocycles. The van der Waals surface area contributed by atoms with Crippen LogP contribution in [0.15, 0.2) is 24.3 Å². The van der Waals surface area contributed by atoms with Gasteiger partial charge in [0.1, 0.15) is 0 Å². The van der Waals surface area contributed by atoms with E-state index in [4.69, 9.17) is 0 Å². The molecule has 0 aliphatic heterocycles. The van der Waals surface area contributed by atoms with Crippen molar-refractivity contribution in [3.05, 3.63) is 29.8 Å². The minimum Gasteiger partial charge on any atom is -0.339 e. The Morgan fingerprint density at radius 1 is 1.10 bits per heavy atom. The monoisotopic (exact) mass is 291 g/mol. The fourth-order valence-electron chi connectivity index (χ4n) is 1.79. The van der Waals surface area contributed by atoms with Crippen LogP contribution in [0.25, 0.3) is 0 Å². The van der Waals surface area contributed by atoms with E-state index >= 15 is 0 Å². The fraction of sp³-hybridized carbons (Fsp3) is 0.500. The maximum atomic E-state index is 12.2. The lowest BCUT2D eigenvalue weighted by Crippen LogP contribution is -2.47. The predicted molar refractivity (Wildman–Crippen MR) is 85.5 cm³/mol. The Morgan fingerprint density at radius 2 is 1.62 bits per heavy atom. The van der Waals surface area contributed by atoms with E-state index in [1.807, 2.05) is 13.8 Å². The third-order valence-corrected chi connectivity index (χ3v) is 3.63. The Labute approximate surface area is 126 Å². The number of nitrogens with zero attached hydrogens (tertiary/aromatic N) is 1. The molecule has 1 aromatic carbocycles. The van der Waals surface area contributed by atoms with E-state index in [0.717, 1.165) is 0 Å². The number of rotatable bonds is 6. The smallest absolute Gasteiger partial charge is 0.253 e. The van der Waals surface area contributed by atoms with Gasteiger partial charge in [0.2, 0.25) is 5.91 Å². The molecule has 0 saturated heterocycles.